The molecule has 1 fully saturated rings. The van der Waals surface area contributed by atoms with Crippen LogP contribution in [0.25, 0.3) is 0 Å². The highest BCUT2D eigenvalue weighted by Gasteiger charge is 2.17. The second-order valence-corrected chi connectivity index (χ2v) is 6.82. The van der Waals surface area contributed by atoms with Gasteiger partial charge in [0.25, 0.3) is 0 Å². The summed E-state index contributed by atoms with van der Waals surface area (Å²) in [6.45, 7) is 0.901. The molecule has 90 valence electrons. The normalized spacial score (nSPS) is 22.5. The van der Waals surface area contributed by atoms with Gasteiger partial charge in [0, 0.05) is 17.9 Å². The summed E-state index contributed by atoms with van der Waals surface area (Å²) < 4.78 is 6.67. The van der Waals surface area contributed by atoms with Crippen molar-refractivity contribution in [3.05, 3.63) is 20.8 Å². The topological polar surface area (TPSA) is 29.5 Å². The summed E-state index contributed by atoms with van der Waals surface area (Å²) in [5.74, 6) is 0. The molecular formula is C12H17BrO2S. The molecule has 2 nitrogen and oxygen atoms in total. The summed E-state index contributed by atoms with van der Waals surface area (Å²) >= 11 is 5.13. The molecule has 0 aromatic carbocycles. The maximum atomic E-state index is 9.91. The fraction of sp³-hybridized carbons (Fsp3) is 0.667. The van der Waals surface area contributed by atoms with Crippen LogP contribution in [0.3, 0.4) is 0 Å². The minimum absolute atomic E-state index is 0.227. The van der Waals surface area contributed by atoms with Gasteiger partial charge in [0.2, 0.25) is 0 Å². The van der Waals surface area contributed by atoms with Crippen molar-refractivity contribution in [3.63, 3.8) is 0 Å². The molecule has 0 spiro atoms. The number of hydrogen-bond donors (Lipinski definition) is 1. The van der Waals surface area contributed by atoms with Crippen LogP contribution in [0.2, 0.25) is 0 Å². The Bertz CT molecular complexity index is 321. The van der Waals surface area contributed by atoms with E-state index >= 15 is 0 Å². The minimum atomic E-state index is -0.227. The van der Waals surface area contributed by atoms with E-state index in [1.54, 1.807) is 11.3 Å². The Hall–Kier alpha value is 0.1000. The molecule has 1 aromatic heterocycles. The van der Waals surface area contributed by atoms with Gasteiger partial charge < -0.3 is 9.84 Å². The van der Waals surface area contributed by atoms with E-state index in [0.29, 0.717) is 6.10 Å². The van der Waals surface area contributed by atoms with Crippen molar-refractivity contribution in [3.8, 4) is 0 Å². The van der Waals surface area contributed by atoms with Crippen LogP contribution in [-0.4, -0.2) is 23.9 Å². The molecule has 2 heterocycles. The highest BCUT2D eigenvalue weighted by molar-refractivity contribution is 9.11. The second-order valence-electron chi connectivity index (χ2n) is 4.28. The largest absolute Gasteiger partial charge is 0.393 e. The SMILES string of the molecule is OC(CCC1CCCO1)Cc1ccc(Br)s1. The fourth-order valence-electron chi connectivity index (χ4n) is 2.05. The van der Waals surface area contributed by atoms with Gasteiger partial charge in [-0.05, 0) is 53.7 Å². The van der Waals surface area contributed by atoms with Gasteiger partial charge in [-0.1, -0.05) is 0 Å². The Balaban J connectivity index is 1.69. The standard InChI is InChI=1S/C12H17BrO2S/c13-12-6-5-11(16-12)8-9(14)3-4-10-2-1-7-15-10/h5-6,9-10,14H,1-4,7-8H2. The molecule has 0 aliphatic carbocycles. The van der Waals surface area contributed by atoms with Crippen LogP contribution in [0.4, 0.5) is 0 Å². The molecule has 4 heteroatoms. The lowest BCUT2D eigenvalue weighted by atomic mass is 10.1. The Kier molecular flexibility index (Phi) is 4.82. The highest BCUT2D eigenvalue weighted by Crippen LogP contribution is 2.24. The van der Waals surface area contributed by atoms with Crippen molar-refractivity contribution >= 4 is 27.3 Å². The zero-order valence-corrected chi connectivity index (χ0v) is 11.6. The smallest absolute Gasteiger partial charge is 0.0701 e. The van der Waals surface area contributed by atoms with E-state index in [4.69, 9.17) is 4.74 Å². The number of hydrogen-bond acceptors (Lipinski definition) is 3. The third kappa shape index (κ3) is 3.84. The molecule has 0 amide bonds. The van der Waals surface area contributed by atoms with Gasteiger partial charge in [-0.2, -0.15) is 0 Å². The molecule has 2 rings (SSSR count). The first-order chi connectivity index (χ1) is 7.74. The lowest BCUT2D eigenvalue weighted by Gasteiger charge is -2.12. The number of thiophene rings is 1. The highest BCUT2D eigenvalue weighted by atomic mass is 79.9. The number of ether oxygens (including phenoxy) is 1. The molecule has 2 atom stereocenters. The van der Waals surface area contributed by atoms with E-state index < -0.39 is 0 Å². The average molecular weight is 305 g/mol. The molecule has 0 saturated carbocycles. The third-order valence-electron chi connectivity index (χ3n) is 2.91. The first kappa shape index (κ1) is 12.6. The summed E-state index contributed by atoms with van der Waals surface area (Å²) in [4.78, 5) is 1.24. The van der Waals surface area contributed by atoms with Gasteiger partial charge in [0.05, 0.1) is 16.0 Å². The van der Waals surface area contributed by atoms with Crippen LogP contribution in [-0.2, 0) is 11.2 Å². The number of rotatable bonds is 5. The van der Waals surface area contributed by atoms with Crippen molar-refractivity contribution < 1.29 is 9.84 Å². The maximum Gasteiger partial charge on any atom is 0.0701 e. The van der Waals surface area contributed by atoms with Gasteiger partial charge in [-0.3, -0.25) is 0 Å². The first-order valence-electron chi connectivity index (χ1n) is 5.78. The summed E-state index contributed by atoms with van der Waals surface area (Å²) in [6.07, 6.45) is 5.12. The molecule has 1 aromatic rings. The van der Waals surface area contributed by atoms with Gasteiger partial charge in [0.1, 0.15) is 0 Å². The molecule has 1 N–H and O–H groups in total. The van der Waals surface area contributed by atoms with Gasteiger partial charge in [0.15, 0.2) is 0 Å². The predicted molar refractivity (Wildman–Crippen MR) is 69.9 cm³/mol. The molecule has 1 saturated heterocycles. The molecule has 1 aliphatic heterocycles. The quantitative estimate of drug-likeness (QED) is 0.904. The van der Waals surface area contributed by atoms with E-state index in [2.05, 4.69) is 22.0 Å². The van der Waals surface area contributed by atoms with E-state index in [1.807, 2.05) is 6.07 Å². The maximum absolute atomic E-state index is 9.91. The van der Waals surface area contributed by atoms with Gasteiger partial charge >= 0.3 is 0 Å². The Morgan fingerprint density at radius 2 is 2.44 bits per heavy atom. The monoisotopic (exact) mass is 304 g/mol. The van der Waals surface area contributed by atoms with E-state index in [1.165, 1.54) is 11.3 Å². The van der Waals surface area contributed by atoms with Crippen molar-refractivity contribution in [1.29, 1.82) is 0 Å². The van der Waals surface area contributed by atoms with Crippen LogP contribution in [0, 0.1) is 0 Å². The molecular weight excluding hydrogens is 288 g/mol. The Morgan fingerprint density at radius 1 is 1.56 bits per heavy atom. The van der Waals surface area contributed by atoms with E-state index in [-0.39, 0.29) is 6.10 Å². The number of aliphatic hydroxyl groups excluding tert-OH is 1. The zero-order valence-electron chi connectivity index (χ0n) is 9.19. The van der Waals surface area contributed by atoms with Crippen molar-refractivity contribution in [2.24, 2.45) is 0 Å². The molecule has 0 radical (unpaired) electrons. The number of halogens is 1. The fourth-order valence-corrected chi connectivity index (χ4v) is 3.60. The van der Waals surface area contributed by atoms with Gasteiger partial charge in [-0.25, -0.2) is 0 Å². The van der Waals surface area contributed by atoms with Crippen LogP contribution in [0.15, 0.2) is 15.9 Å². The van der Waals surface area contributed by atoms with Crippen LogP contribution in [0.1, 0.15) is 30.6 Å². The second kappa shape index (κ2) is 6.15. The third-order valence-corrected chi connectivity index (χ3v) is 4.56. The van der Waals surface area contributed by atoms with Crippen LogP contribution >= 0.6 is 27.3 Å². The van der Waals surface area contributed by atoms with E-state index in [0.717, 1.165) is 36.1 Å². The number of aliphatic hydroxyl groups is 1. The van der Waals surface area contributed by atoms with Crippen LogP contribution < -0.4 is 0 Å². The molecule has 16 heavy (non-hydrogen) atoms. The van der Waals surface area contributed by atoms with Crippen molar-refractivity contribution in [1.82, 2.24) is 0 Å². The van der Waals surface area contributed by atoms with Crippen molar-refractivity contribution in [2.75, 3.05) is 6.61 Å². The van der Waals surface area contributed by atoms with Crippen molar-refractivity contribution in [2.45, 2.75) is 44.3 Å². The molecule has 0 bridgehead atoms. The Morgan fingerprint density at radius 3 is 3.06 bits per heavy atom. The summed E-state index contributed by atoms with van der Waals surface area (Å²) in [6, 6.07) is 4.11. The Labute approximate surface area is 109 Å². The lowest BCUT2D eigenvalue weighted by Crippen LogP contribution is -2.14. The summed E-state index contributed by atoms with van der Waals surface area (Å²) in [7, 11) is 0. The summed E-state index contributed by atoms with van der Waals surface area (Å²) in [5, 5.41) is 9.91. The first-order valence-corrected chi connectivity index (χ1v) is 7.39. The lowest BCUT2D eigenvalue weighted by molar-refractivity contribution is 0.0815. The summed E-state index contributed by atoms with van der Waals surface area (Å²) in [5.41, 5.74) is 0. The molecule has 1 aliphatic rings. The average Bonchev–Trinajstić information content (AvgIpc) is 2.87. The predicted octanol–water partition coefficient (Wildman–Crippen LogP) is 3.37. The van der Waals surface area contributed by atoms with E-state index in [9.17, 15) is 5.11 Å². The van der Waals surface area contributed by atoms with Crippen LogP contribution in [0.5, 0.6) is 0 Å². The minimum Gasteiger partial charge on any atom is -0.393 e. The van der Waals surface area contributed by atoms with Gasteiger partial charge in [-0.15, -0.1) is 11.3 Å². The molecule has 2 unspecified atom stereocenters. The zero-order chi connectivity index (χ0) is 11.4.